The predicted octanol–water partition coefficient (Wildman–Crippen LogP) is 14.2. The molecule has 0 fully saturated rings. The predicted molar refractivity (Wildman–Crippen MR) is 282 cm³/mol. The van der Waals surface area contributed by atoms with Crippen LogP contribution in [0.15, 0.2) is 0 Å². The van der Waals surface area contributed by atoms with E-state index in [0.717, 1.165) is 205 Å². The molecule has 0 bridgehead atoms. The first-order valence-corrected chi connectivity index (χ1v) is 29.0. The lowest BCUT2D eigenvalue weighted by Crippen LogP contribution is -2.33. The highest BCUT2D eigenvalue weighted by Crippen LogP contribution is 2.19. The zero-order valence-corrected chi connectivity index (χ0v) is 45.2. The number of nitro groups is 3. The second-order valence-corrected chi connectivity index (χ2v) is 20.5. The van der Waals surface area contributed by atoms with Crippen LogP contribution in [0.1, 0.15) is 295 Å². The second kappa shape index (κ2) is 49.3. The van der Waals surface area contributed by atoms with Crippen LogP contribution in [-0.4, -0.2) is 78.9 Å². The van der Waals surface area contributed by atoms with E-state index in [1.807, 2.05) is 0 Å². The fourth-order valence-electron chi connectivity index (χ4n) is 9.24. The van der Waals surface area contributed by atoms with Crippen LogP contribution in [0.2, 0.25) is 0 Å². The summed E-state index contributed by atoms with van der Waals surface area (Å²) in [4.78, 5) is 101. The number of hydrogen-bond donors (Lipinski definition) is 2. The van der Waals surface area contributed by atoms with Gasteiger partial charge in [0.05, 0.1) is 0 Å². The van der Waals surface area contributed by atoms with E-state index < -0.39 is 68.7 Å². The minimum absolute atomic E-state index is 0.0575. The van der Waals surface area contributed by atoms with Crippen LogP contribution in [0.5, 0.6) is 0 Å². The number of carbonyl (C=O) groups is 6. The van der Waals surface area contributed by atoms with Crippen LogP contribution in [0, 0.1) is 30.3 Å². The van der Waals surface area contributed by atoms with Gasteiger partial charge in [-0.25, -0.2) is 14.4 Å². The standard InChI is InChI=1S/C55H97N3O16/c59-50(73-51(60)45-39-33-27-21-15-9-3-6-11-17-23-29-35-41-47(53(62)63)56(67)68)44-38-32-26-20-14-8-2-1-5-13-19-25-31-37-43-49(58(71)72)55(66)74-52(61)46-40-34-28-22-16-10-4-7-12-18-24-30-36-42-48(54(64)65)57(69)70/h47-49H,1-46H2,(H,62,63)(H,64,65). The zero-order chi connectivity index (χ0) is 54.9. The molecular formula is C55H97N3O16. The van der Waals surface area contributed by atoms with Gasteiger partial charge in [-0.15, -0.1) is 0 Å². The molecule has 0 heterocycles. The van der Waals surface area contributed by atoms with Gasteiger partial charge in [0.1, 0.15) is 0 Å². The zero-order valence-electron chi connectivity index (χ0n) is 45.2. The van der Waals surface area contributed by atoms with E-state index in [2.05, 4.69) is 0 Å². The van der Waals surface area contributed by atoms with Crippen LogP contribution in [-0.2, 0) is 38.2 Å². The number of esters is 4. The molecule has 19 nitrogen and oxygen atoms in total. The van der Waals surface area contributed by atoms with E-state index >= 15 is 0 Å². The number of carboxylic acids is 2. The number of unbranched alkanes of at least 4 members (excludes halogenated alkanes) is 37. The van der Waals surface area contributed by atoms with E-state index in [-0.39, 0.29) is 38.5 Å². The number of carbonyl (C=O) groups excluding carboxylic acids is 4. The van der Waals surface area contributed by atoms with Gasteiger partial charge >= 0.3 is 53.9 Å². The quantitative estimate of drug-likeness (QED) is 0.0188. The molecular weight excluding hydrogens is 959 g/mol. The summed E-state index contributed by atoms with van der Waals surface area (Å²) in [7, 11) is 0. The summed E-state index contributed by atoms with van der Waals surface area (Å²) in [5.74, 6) is -5.38. The molecule has 3 atom stereocenters. The van der Waals surface area contributed by atoms with Crippen molar-refractivity contribution in [1.82, 2.24) is 0 Å². The van der Waals surface area contributed by atoms with Gasteiger partial charge in [-0.2, -0.15) is 0 Å². The van der Waals surface area contributed by atoms with E-state index in [4.69, 9.17) is 19.7 Å². The Kier molecular flexibility index (Phi) is 46.3. The summed E-state index contributed by atoms with van der Waals surface area (Å²) in [6.07, 6.45) is 40.1. The van der Waals surface area contributed by atoms with Crippen LogP contribution < -0.4 is 0 Å². The summed E-state index contributed by atoms with van der Waals surface area (Å²) in [6, 6.07) is -4.52. The number of nitrogens with zero attached hydrogens (tertiary/aromatic N) is 3. The van der Waals surface area contributed by atoms with Gasteiger partial charge in [-0.05, 0) is 38.5 Å². The molecule has 0 saturated carbocycles. The lowest BCUT2D eigenvalue weighted by Gasteiger charge is -2.09. The summed E-state index contributed by atoms with van der Waals surface area (Å²) in [6.45, 7) is 0. The highest BCUT2D eigenvalue weighted by atomic mass is 16.6. The van der Waals surface area contributed by atoms with Crippen molar-refractivity contribution >= 4 is 35.8 Å². The van der Waals surface area contributed by atoms with E-state index in [9.17, 15) is 59.1 Å². The first-order chi connectivity index (χ1) is 35.7. The minimum Gasteiger partial charge on any atom is -0.476 e. The molecule has 0 aromatic carbocycles. The van der Waals surface area contributed by atoms with Gasteiger partial charge in [0.2, 0.25) is 0 Å². The number of hydrogen-bond acceptors (Lipinski definition) is 14. The van der Waals surface area contributed by atoms with Crippen molar-refractivity contribution in [3.05, 3.63) is 30.3 Å². The molecule has 74 heavy (non-hydrogen) atoms. The maximum absolute atomic E-state index is 12.4. The third-order valence-corrected chi connectivity index (χ3v) is 13.9. The van der Waals surface area contributed by atoms with E-state index in [1.165, 1.54) is 25.7 Å². The number of aliphatic carboxylic acids is 2. The molecule has 0 aromatic rings. The van der Waals surface area contributed by atoms with Crippen molar-refractivity contribution in [3.63, 3.8) is 0 Å². The number of ether oxygens (including phenoxy) is 2. The lowest BCUT2D eigenvalue weighted by atomic mass is 10.0. The topological polar surface area (TPSA) is 291 Å². The molecule has 0 rings (SSSR count). The molecule has 19 heteroatoms. The van der Waals surface area contributed by atoms with Gasteiger partial charge in [0.25, 0.3) is 0 Å². The Bertz CT molecular complexity index is 1520. The van der Waals surface area contributed by atoms with Crippen molar-refractivity contribution in [2.45, 2.75) is 313 Å². The summed E-state index contributed by atoms with van der Waals surface area (Å²) in [5, 5.41) is 50.7. The van der Waals surface area contributed by atoms with Crippen molar-refractivity contribution in [1.29, 1.82) is 0 Å². The smallest absolute Gasteiger partial charge is 0.389 e. The first-order valence-electron chi connectivity index (χ1n) is 29.0. The summed E-state index contributed by atoms with van der Waals surface area (Å²) < 4.78 is 9.84. The van der Waals surface area contributed by atoms with Crippen LogP contribution in [0.3, 0.4) is 0 Å². The Balaban J connectivity index is 3.61. The fraction of sp³-hybridized carbons (Fsp3) is 0.891. The molecule has 0 aromatic heterocycles. The van der Waals surface area contributed by atoms with Crippen LogP contribution >= 0.6 is 0 Å². The van der Waals surface area contributed by atoms with Crippen LogP contribution in [0.4, 0.5) is 0 Å². The van der Waals surface area contributed by atoms with Gasteiger partial charge in [-0.1, -0.05) is 218 Å². The fourth-order valence-corrected chi connectivity index (χ4v) is 9.24. The van der Waals surface area contributed by atoms with Gasteiger partial charge in [-0.3, -0.25) is 44.7 Å². The Morgan fingerprint density at radius 1 is 0.284 bits per heavy atom. The summed E-state index contributed by atoms with van der Waals surface area (Å²) in [5.41, 5.74) is 0. The Morgan fingerprint density at radius 2 is 0.459 bits per heavy atom. The molecule has 0 aliphatic heterocycles. The Morgan fingerprint density at radius 3 is 0.662 bits per heavy atom. The average molecular weight is 1060 g/mol. The summed E-state index contributed by atoms with van der Waals surface area (Å²) >= 11 is 0. The number of rotatable bonds is 55. The van der Waals surface area contributed by atoms with E-state index in [1.54, 1.807) is 0 Å². The first kappa shape index (κ1) is 69.4. The molecule has 0 aliphatic rings. The van der Waals surface area contributed by atoms with Gasteiger partial charge in [0, 0.05) is 53.3 Å². The van der Waals surface area contributed by atoms with Crippen molar-refractivity contribution in [2.75, 3.05) is 0 Å². The third-order valence-electron chi connectivity index (χ3n) is 13.9. The van der Waals surface area contributed by atoms with Crippen molar-refractivity contribution < 1.29 is 63.2 Å². The third kappa shape index (κ3) is 43.8. The SMILES string of the molecule is O=C(CCCCCCCCCCCCCCCCC(C(=O)OC(=O)CCCCCCCCCCCCCCCC(C(=O)O)[N+](=O)[O-])[N+](=O)[O-])OC(=O)CCCCCCCCCCCCCCCC(C(=O)O)[N+](=O)[O-]. The largest absolute Gasteiger partial charge is 0.476 e. The second-order valence-electron chi connectivity index (χ2n) is 20.5. The van der Waals surface area contributed by atoms with Crippen molar-refractivity contribution in [2.24, 2.45) is 0 Å². The molecule has 0 radical (unpaired) electrons. The number of carboxylic acid groups (broad SMARTS) is 2. The van der Waals surface area contributed by atoms with Crippen LogP contribution in [0.25, 0.3) is 0 Å². The normalized spacial score (nSPS) is 12.4. The minimum atomic E-state index is -1.52. The van der Waals surface area contributed by atoms with Crippen molar-refractivity contribution in [3.8, 4) is 0 Å². The molecule has 3 unspecified atom stereocenters. The average Bonchev–Trinajstić information content (AvgIpc) is 3.33. The molecule has 2 N–H and O–H groups in total. The highest BCUT2D eigenvalue weighted by molar-refractivity contribution is 5.87. The Hall–Kier alpha value is -4.58. The molecule has 428 valence electrons. The molecule has 0 amide bonds. The molecule has 0 saturated heterocycles. The monoisotopic (exact) mass is 1060 g/mol. The van der Waals surface area contributed by atoms with Gasteiger partial charge < -0.3 is 19.7 Å². The molecule has 0 aliphatic carbocycles. The maximum atomic E-state index is 12.4. The lowest BCUT2D eigenvalue weighted by molar-refractivity contribution is -0.511. The molecule has 0 spiro atoms. The highest BCUT2D eigenvalue weighted by Gasteiger charge is 2.33. The van der Waals surface area contributed by atoms with Gasteiger partial charge in [0.15, 0.2) is 0 Å². The van der Waals surface area contributed by atoms with E-state index in [0.29, 0.717) is 25.7 Å². The Labute approximate surface area is 441 Å². The maximum Gasteiger partial charge on any atom is 0.389 e.